The van der Waals surface area contributed by atoms with Crippen LogP contribution in [0.5, 0.6) is 0 Å². The molecule has 0 fully saturated rings. The van der Waals surface area contributed by atoms with E-state index in [0.29, 0.717) is 6.61 Å². The van der Waals surface area contributed by atoms with Gasteiger partial charge in [0.25, 0.3) is 0 Å². The molecule has 0 aliphatic carbocycles. The van der Waals surface area contributed by atoms with Crippen LogP contribution >= 0.6 is 11.3 Å². The summed E-state index contributed by atoms with van der Waals surface area (Å²) in [5.41, 5.74) is 1.48. The van der Waals surface area contributed by atoms with E-state index in [1.54, 1.807) is 0 Å². The molecule has 1 aromatic heterocycles. The molecule has 2 nitrogen and oxygen atoms in total. The SMILES string of the molecule is C=CCCOCc1cc(CNC(C)(C)C)sc1C. The molecule has 1 rings (SSSR count). The maximum absolute atomic E-state index is 5.61. The number of aryl methyl sites for hydroxylation is 1. The largest absolute Gasteiger partial charge is 0.376 e. The molecule has 0 aromatic carbocycles. The topological polar surface area (TPSA) is 21.3 Å². The third-order valence-corrected chi connectivity index (χ3v) is 3.68. The van der Waals surface area contributed by atoms with Crippen molar-refractivity contribution in [3.05, 3.63) is 34.0 Å². The van der Waals surface area contributed by atoms with Crippen LogP contribution in [0, 0.1) is 6.92 Å². The smallest absolute Gasteiger partial charge is 0.0727 e. The molecule has 0 spiro atoms. The Kier molecular flexibility index (Phi) is 6.06. The highest BCUT2D eigenvalue weighted by Gasteiger charge is 2.11. The zero-order valence-electron chi connectivity index (χ0n) is 12.0. The fourth-order valence-corrected chi connectivity index (χ4v) is 2.51. The van der Waals surface area contributed by atoms with Crippen molar-refractivity contribution in [2.24, 2.45) is 0 Å². The summed E-state index contributed by atoms with van der Waals surface area (Å²) in [5, 5.41) is 3.51. The maximum Gasteiger partial charge on any atom is 0.0727 e. The molecule has 0 aliphatic heterocycles. The Morgan fingerprint density at radius 2 is 2.17 bits per heavy atom. The second-order valence-electron chi connectivity index (χ2n) is 5.53. The molecule has 3 heteroatoms. The Bertz CT molecular complexity index is 376. The van der Waals surface area contributed by atoms with Crippen molar-refractivity contribution in [3.8, 4) is 0 Å². The minimum absolute atomic E-state index is 0.165. The fourth-order valence-electron chi connectivity index (χ4n) is 1.52. The van der Waals surface area contributed by atoms with E-state index in [4.69, 9.17) is 4.74 Å². The van der Waals surface area contributed by atoms with Crippen LogP contribution < -0.4 is 5.32 Å². The van der Waals surface area contributed by atoms with Gasteiger partial charge in [-0.25, -0.2) is 0 Å². The van der Waals surface area contributed by atoms with Gasteiger partial charge >= 0.3 is 0 Å². The average Bonchev–Trinajstić information content (AvgIpc) is 2.62. The lowest BCUT2D eigenvalue weighted by Gasteiger charge is -2.19. The summed E-state index contributed by atoms with van der Waals surface area (Å²) in [5.74, 6) is 0. The molecule has 0 atom stereocenters. The van der Waals surface area contributed by atoms with Crippen LogP contribution in [0.4, 0.5) is 0 Å². The molecule has 0 aliphatic rings. The minimum Gasteiger partial charge on any atom is -0.376 e. The van der Waals surface area contributed by atoms with Crippen molar-refractivity contribution >= 4 is 11.3 Å². The Hall–Kier alpha value is -0.640. The zero-order valence-corrected chi connectivity index (χ0v) is 12.8. The van der Waals surface area contributed by atoms with Crippen molar-refractivity contribution in [1.29, 1.82) is 0 Å². The summed E-state index contributed by atoms with van der Waals surface area (Å²) < 4.78 is 5.61. The number of ether oxygens (including phenoxy) is 1. The maximum atomic E-state index is 5.61. The first kappa shape index (κ1) is 15.4. The standard InChI is InChI=1S/C15H25NOS/c1-6-7-8-17-11-13-9-14(18-12(13)2)10-16-15(3,4)5/h6,9,16H,1,7-8,10-11H2,2-5H3. The molecule has 0 amide bonds. The van der Waals surface area contributed by atoms with Crippen molar-refractivity contribution in [3.63, 3.8) is 0 Å². The molecule has 102 valence electrons. The van der Waals surface area contributed by atoms with E-state index in [9.17, 15) is 0 Å². The quantitative estimate of drug-likeness (QED) is 0.595. The van der Waals surface area contributed by atoms with E-state index in [1.807, 2.05) is 17.4 Å². The van der Waals surface area contributed by atoms with Gasteiger partial charge in [-0.15, -0.1) is 17.9 Å². The van der Waals surface area contributed by atoms with Gasteiger partial charge in [0.15, 0.2) is 0 Å². The van der Waals surface area contributed by atoms with Gasteiger partial charge in [0.2, 0.25) is 0 Å². The summed E-state index contributed by atoms with van der Waals surface area (Å²) in [4.78, 5) is 2.74. The number of rotatable bonds is 7. The van der Waals surface area contributed by atoms with Crippen LogP contribution in [0.1, 0.15) is 42.5 Å². The van der Waals surface area contributed by atoms with Gasteiger partial charge in [-0.3, -0.25) is 0 Å². The highest BCUT2D eigenvalue weighted by Crippen LogP contribution is 2.22. The van der Waals surface area contributed by atoms with Crippen molar-refractivity contribution in [1.82, 2.24) is 5.32 Å². The van der Waals surface area contributed by atoms with Crippen LogP contribution in [0.3, 0.4) is 0 Å². The summed E-state index contributed by atoms with van der Waals surface area (Å²) >= 11 is 1.86. The Labute approximate surface area is 115 Å². The van der Waals surface area contributed by atoms with Gasteiger partial charge in [0, 0.05) is 21.8 Å². The lowest BCUT2D eigenvalue weighted by atomic mass is 10.1. The molecule has 0 radical (unpaired) electrons. The Balaban J connectivity index is 2.45. The molecule has 1 N–H and O–H groups in total. The van der Waals surface area contributed by atoms with E-state index in [-0.39, 0.29) is 5.54 Å². The molecular formula is C15H25NOS. The normalized spacial score (nSPS) is 11.8. The van der Waals surface area contributed by atoms with Crippen LogP contribution in [0.2, 0.25) is 0 Å². The van der Waals surface area contributed by atoms with E-state index >= 15 is 0 Å². The molecule has 0 bridgehead atoms. The van der Waals surface area contributed by atoms with E-state index in [1.165, 1.54) is 15.3 Å². The van der Waals surface area contributed by atoms with Gasteiger partial charge in [-0.2, -0.15) is 0 Å². The molecule has 0 saturated carbocycles. The highest BCUT2D eigenvalue weighted by atomic mass is 32.1. The van der Waals surface area contributed by atoms with Crippen LogP contribution in [0.15, 0.2) is 18.7 Å². The van der Waals surface area contributed by atoms with Crippen LogP contribution in [0.25, 0.3) is 0 Å². The number of hydrogen-bond acceptors (Lipinski definition) is 3. The van der Waals surface area contributed by atoms with Gasteiger partial charge in [-0.05, 0) is 45.7 Å². The second-order valence-corrected chi connectivity index (χ2v) is 6.87. The van der Waals surface area contributed by atoms with Gasteiger partial charge in [-0.1, -0.05) is 6.08 Å². The van der Waals surface area contributed by atoms with Gasteiger partial charge in [0.1, 0.15) is 0 Å². The van der Waals surface area contributed by atoms with Gasteiger partial charge in [0.05, 0.1) is 13.2 Å². The fraction of sp³-hybridized carbons (Fsp3) is 0.600. The van der Waals surface area contributed by atoms with Crippen LogP contribution in [-0.4, -0.2) is 12.1 Å². The first-order valence-corrected chi connectivity index (χ1v) is 7.26. The first-order valence-electron chi connectivity index (χ1n) is 6.44. The summed E-state index contributed by atoms with van der Waals surface area (Å²) in [6.45, 7) is 14.8. The number of nitrogens with one attached hydrogen (secondary N) is 1. The van der Waals surface area contributed by atoms with Crippen molar-refractivity contribution in [2.45, 2.75) is 52.8 Å². The zero-order chi connectivity index (χ0) is 13.6. The predicted octanol–water partition coefficient (Wildman–Crippen LogP) is 4.04. The highest BCUT2D eigenvalue weighted by molar-refractivity contribution is 7.12. The third kappa shape index (κ3) is 5.80. The number of hydrogen-bond donors (Lipinski definition) is 1. The lowest BCUT2D eigenvalue weighted by Crippen LogP contribution is -2.34. The molecule has 0 saturated heterocycles. The minimum atomic E-state index is 0.165. The second kappa shape index (κ2) is 7.07. The van der Waals surface area contributed by atoms with Crippen molar-refractivity contribution in [2.75, 3.05) is 6.61 Å². The van der Waals surface area contributed by atoms with Crippen molar-refractivity contribution < 1.29 is 4.74 Å². The van der Waals surface area contributed by atoms with Gasteiger partial charge < -0.3 is 10.1 Å². The first-order chi connectivity index (χ1) is 8.42. The monoisotopic (exact) mass is 267 g/mol. The molecule has 18 heavy (non-hydrogen) atoms. The number of thiophene rings is 1. The van der Waals surface area contributed by atoms with E-state index in [2.05, 4.69) is 45.7 Å². The third-order valence-electron chi connectivity index (χ3n) is 2.59. The average molecular weight is 267 g/mol. The molecule has 0 unspecified atom stereocenters. The Morgan fingerprint density at radius 3 is 2.78 bits per heavy atom. The molecule has 1 aromatic rings. The Morgan fingerprint density at radius 1 is 1.44 bits per heavy atom. The lowest BCUT2D eigenvalue weighted by molar-refractivity contribution is 0.125. The van der Waals surface area contributed by atoms with Crippen LogP contribution in [-0.2, 0) is 17.9 Å². The summed E-state index contributed by atoms with van der Waals surface area (Å²) in [6, 6.07) is 2.26. The van der Waals surface area contributed by atoms with E-state index in [0.717, 1.165) is 19.6 Å². The van der Waals surface area contributed by atoms with E-state index < -0.39 is 0 Å². The predicted molar refractivity (Wildman–Crippen MR) is 80.1 cm³/mol. The molecule has 1 heterocycles. The molecular weight excluding hydrogens is 242 g/mol. The summed E-state index contributed by atoms with van der Waals surface area (Å²) in [7, 11) is 0. The summed E-state index contributed by atoms with van der Waals surface area (Å²) in [6.07, 6.45) is 2.81.